The molecule has 33 heavy (non-hydrogen) atoms. The molecule has 1 rings (SSSR count). The first kappa shape index (κ1) is 27.9. The Morgan fingerprint density at radius 3 is 2.52 bits per heavy atom. The highest BCUT2D eigenvalue weighted by Gasteiger charge is 2.19. The number of nitrogens with zero attached hydrogens (tertiary/aromatic N) is 5. The number of ether oxygens (including phenoxy) is 1. The van der Waals surface area contributed by atoms with Crippen LogP contribution in [0.25, 0.3) is 0 Å². The highest BCUT2D eigenvalue weighted by molar-refractivity contribution is 5.76. The number of hydrogen-bond acceptors (Lipinski definition) is 7. The van der Waals surface area contributed by atoms with Gasteiger partial charge >= 0.3 is 12.1 Å². The maximum absolute atomic E-state index is 13.1. The van der Waals surface area contributed by atoms with Crippen LogP contribution < -0.4 is 15.8 Å². The molecule has 0 radical (unpaired) electrons. The molecule has 0 unspecified atom stereocenters. The summed E-state index contributed by atoms with van der Waals surface area (Å²) in [5.74, 6) is 0.783. The number of urea groups is 1. The molecule has 0 aliphatic carbocycles. The molecule has 2 N–H and O–H groups in total. The zero-order chi connectivity index (χ0) is 24.9. The number of aromatic nitrogens is 2. The van der Waals surface area contributed by atoms with E-state index in [-0.39, 0.29) is 17.8 Å². The number of amides is 3. The third-order valence-corrected chi connectivity index (χ3v) is 4.39. The molecule has 0 aliphatic heterocycles. The fourth-order valence-corrected chi connectivity index (χ4v) is 2.90. The molecular formula is C23H39N7O3. The van der Waals surface area contributed by atoms with Crippen molar-refractivity contribution in [3.8, 4) is 6.07 Å². The van der Waals surface area contributed by atoms with Crippen molar-refractivity contribution >= 4 is 17.9 Å². The summed E-state index contributed by atoms with van der Waals surface area (Å²) in [4.78, 5) is 34.7. The molecule has 1 aromatic rings. The van der Waals surface area contributed by atoms with Crippen LogP contribution in [0.1, 0.15) is 73.1 Å². The Balaban J connectivity index is 2.69. The van der Waals surface area contributed by atoms with E-state index in [0.717, 1.165) is 25.7 Å². The zero-order valence-corrected chi connectivity index (χ0v) is 20.8. The molecule has 1 aromatic heterocycles. The van der Waals surface area contributed by atoms with Gasteiger partial charge in [-0.25, -0.2) is 20.0 Å². The summed E-state index contributed by atoms with van der Waals surface area (Å²) in [6.45, 7) is 13.8. The van der Waals surface area contributed by atoms with Gasteiger partial charge in [-0.1, -0.05) is 27.2 Å². The number of nitriles is 1. The van der Waals surface area contributed by atoms with Crippen LogP contribution in [0.2, 0.25) is 0 Å². The molecule has 1 heterocycles. The fourth-order valence-electron chi connectivity index (χ4n) is 2.90. The first-order chi connectivity index (χ1) is 15.6. The molecule has 0 spiro atoms. The van der Waals surface area contributed by atoms with E-state index in [2.05, 4.69) is 27.6 Å². The maximum Gasteiger partial charge on any atom is 0.407 e. The highest BCUT2D eigenvalue weighted by atomic mass is 16.6. The van der Waals surface area contributed by atoms with Gasteiger partial charge in [-0.15, -0.1) is 0 Å². The normalized spacial score (nSPS) is 11.0. The van der Waals surface area contributed by atoms with Crippen LogP contribution in [0, 0.1) is 17.2 Å². The van der Waals surface area contributed by atoms with Crippen molar-refractivity contribution in [2.24, 2.45) is 5.92 Å². The number of unbranched alkanes of at least 4 members (excludes halogenated alkanes) is 2. The molecule has 0 aromatic carbocycles. The van der Waals surface area contributed by atoms with Gasteiger partial charge in [0.25, 0.3) is 0 Å². The molecule has 0 bridgehead atoms. The summed E-state index contributed by atoms with van der Waals surface area (Å²) in [6.07, 6.45) is 4.39. The summed E-state index contributed by atoms with van der Waals surface area (Å²) >= 11 is 0. The number of carbonyl (C=O) groups is 2. The van der Waals surface area contributed by atoms with Crippen molar-refractivity contribution in [1.29, 1.82) is 5.26 Å². The Bertz CT molecular complexity index is 787. The van der Waals surface area contributed by atoms with E-state index in [1.165, 1.54) is 6.20 Å². The second-order valence-electron chi connectivity index (χ2n) is 9.25. The van der Waals surface area contributed by atoms with Crippen molar-refractivity contribution in [1.82, 2.24) is 25.6 Å². The van der Waals surface area contributed by atoms with Gasteiger partial charge in [0.2, 0.25) is 5.82 Å². The van der Waals surface area contributed by atoms with E-state index in [0.29, 0.717) is 32.0 Å². The standard InChI is InChI=1S/C23H39N7O3/c1-7-8-14-29(15-10-9-12-26-22(32)33-23(4,5)6)21(31)28-30(17-18(2)3)20-11-13-25-19(16-24)27-20/h11,13,18H,7-10,12,14-15,17H2,1-6H3,(H,26,32)(H,28,31). The van der Waals surface area contributed by atoms with E-state index in [1.54, 1.807) is 16.0 Å². The third kappa shape index (κ3) is 11.9. The van der Waals surface area contributed by atoms with Gasteiger partial charge in [-0.3, -0.25) is 5.01 Å². The molecule has 0 fully saturated rings. The van der Waals surface area contributed by atoms with E-state index >= 15 is 0 Å². The van der Waals surface area contributed by atoms with Crippen molar-refractivity contribution < 1.29 is 14.3 Å². The van der Waals surface area contributed by atoms with Gasteiger partial charge in [0, 0.05) is 38.4 Å². The van der Waals surface area contributed by atoms with Gasteiger partial charge in [0.05, 0.1) is 0 Å². The predicted molar refractivity (Wildman–Crippen MR) is 127 cm³/mol. The molecule has 0 aliphatic rings. The van der Waals surface area contributed by atoms with Crippen molar-refractivity contribution in [3.63, 3.8) is 0 Å². The van der Waals surface area contributed by atoms with Gasteiger partial charge in [-0.05, 0) is 46.0 Å². The van der Waals surface area contributed by atoms with Gasteiger partial charge < -0.3 is 15.0 Å². The Labute approximate surface area is 197 Å². The Morgan fingerprint density at radius 2 is 1.91 bits per heavy atom. The minimum atomic E-state index is -0.529. The average Bonchev–Trinajstić information content (AvgIpc) is 2.73. The number of nitrogens with one attached hydrogen (secondary N) is 2. The number of hydrogen-bond donors (Lipinski definition) is 2. The lowest BCUT2D eigenvalue weighted by molar-refractivity contribution is 0.0526. The summed E-state index contributed by atoms with van der Waals surface area (Å²) < 4.78 is 5.23. The molecular weight excluding hydrogens is 422 g/mol. The van der Waals surface area contributed by atoms with E-state index < -0.39 is 11.7 Å². The second-order valence-corrected chi connectivity index (χ2v) is 9.25. The SMILES string of the molecule is CCCCN(CCCCNC(=O)OC(C)(C)C)C(=O)NN(CC(C)C)c1ccnc(C#N)n1. The molecule has 0 saturated heterocycles. The zero-order valence-electron chi connectivity index (χ0n) is 20.8. The van der Waals surface area contributed by atoms with Crippen molar-refractivity contribution in [3.05, 3.63) is 18.1 Å². The average molecular weight is 462 g/mol. The number of anilines is 1. The monoisotopic (exact) mass is 461 g/mol. The largest absolute Gasteiger partial charge is 0.444 e. The molecule has 10 nitrogen and oxygen atoms in total. The number of carbonyl (C=O) groups excluding carboxylic acids is 2. The van der Waals surface area contributed by atoms with Crippen LogP contribution >= 0.6 is 0 Å². The van der Waals surface area contributed by atoms with Crippen LogP contribution in [-0.4, -0.2) is 58.8 Å². The van der Waals surface area contributed by atoms with Crippen LogP contribution in [0.3, 0.4) is 0 Å². The number of hydrazine groups is 1. The quantitative estimate of drug-likeness (QED) is 0.358. The Hall–Kier alpha value is -3.09. The molecule has 3 amide bonds. The van der Waals surface area contributed by atoms with E-state index in [4.69, 9.17) is 10.00 Å². The summed E-state index contributed by atoms with van der Waals surface area (Å²) in [7, 11) is 0. The summed E-state index contributed by atoms with van der Waals surface area (Å²) in [5, 5.41) is 13.5. The summed E-state index contributed by atoms with van der Waals surface area (Å²) in [6, 6.07) is 3.38. The van der Waals surface area contributed by atoms with E-state index in [1.807, 2.05) is 40.7 Å². The topological polar surface area (TPSA) is 123 Å². The first-order valence-corrected chi connectivity index (χ1v) is 11.6. The smallest absolute Gasteiger partial charge is 0.407 e. The molecule has 0 atom stereocenters. The lowest BCUT2D eigenvalue weighted by Gasteiger charge is -2.30. The Kier molecular flexibility index (Phi) is 12.0. The highest BCUT2D eigenvalue weighted by Crippen LogP contribution is 2.11. The lowest BCUT2D eigenvalue weighted by Crippen LogP contribution is -2.51. The number of alkyl carbamates (subject to hydrolysis) is 1. The minimum absolute atomic E-state index is 0.0517. The molecule has 0 saturated carbocycles. The third-order valence-electron chi connectivity index (χ3n) is 4.39. The maximum atomic E-state index is 13.1. The Morgan fingerprint density at radius 1 is 1.21 bits per heavy atom. The van der Waals surface area contributed by atoms with Crippen LogP contribution in [0.15, 0.2) is 12.3 Å². The van der Waals surface area contributed by atoms with Crippen LogP contribution in [-0.2, 0) is 4.74 Å². The van der Waals surface area contributed by atoms with E-state index in [9.17, 15) is 9.59 Å². The fraction of sp³-hybridized carbons (Fsp3) is 0.696. The van der Waals surface area contributed by atoms with Gasteiger partial charge in [0.15, 0.2) is 5.82 Å². The predicted octanol–water partition coefficient (Wildman–Crippen LogP) is 3.84. The molecule has 184 valence electrons. The number of rotatable bonds is 12. The second kappa shape index (κ2) is 14.1. The van der Waals surface area contributed by atoms with Gasteiger partial charge in [-0.2, -0.15) is 10.2 Å². The van der Waals surface area contributed by atoms with Crippen LogP contribution in [0.5, 0.6) is 0 Å². The van der Waals surface area contributed by atoms with Crippen LogP contribution in [0.4, 0.5) is 15.4 Å². The van der Waals surface area contributed by atoms with Crippen molar-refractivity contribution in [2.45, 2.75) is 72.8 Å². The van der Waals surface area contributed by atoms with Gasteiger partial charge in [0.1, 0.15) is 11.7 Å². The molecule has 10 heteroatoms. The van der Waals surface area contributed by atoms with Crippen molar-refractivity contribution in [2.75, 3.05) is 31.2 Å². The summed E-state index contributed by atoms with van der Waals surface area (Å²) in [5.41, 5.74) is 2.41. The lowest BCUT2D eigenvalue weighted by atomic mass is 10.2. The first-order valence-electron chi connectivity index (χ1n) is 11.6. The minimum Gasteiger partial charge on any atom is -0.444 e.